The number of imidazole rings is 1. The summed E-state index contributed by atoms with van der Waals surface area (Å²) in [7, 11) is 2.74. The van der Waals surface area contributed by atoms with E-state index in [-0.39, 0.29) is 9.51 Å². The first-order valence-electron chi connectivity index (χ1n) is 10.7. The molecule has 0 amide bonds. The first-order valence-corrected chi connectivity index (χ1v) is 18.5. The molecule has 1 aliphatic carbocycles. The molecular weight excluding hydrogens is 416 g/mol. The molecule has 5 heteroatoms. The third-order valence-corrected chi connectivity index (χ3v) is 20.1. The van der Waals surface area contributed by atoms with Crippen molar-refractivity contribution in [1.82, 2.24) is 9.55 Å². The van der Waals surface area contributed by atoms with Crippen LogP contribution >= 0.6 is 0 Å². The van der Waals surface area contributed by atoms with Crippen molar-refractivity contribution in [3.05, 3.63) is 33.3 Å². The second kappa shape index (κ2) is 7.33. The predicted molar refractivity (Wildman–Crippen MR) is 127 cm³/mol. The molecule has 1 aliphatic rings. The van der Waals surface area contributed by atoms with Crippen LogP contribution in [0.15, 0.2) is 21.9 Å². The van der Waals surface area contributed by atoms with Crippen LogP contribution in [0.1, 0.15) is 59.9 Å². The van der Waals surface area contributed by atoms with Crippen LogP contribution in [-0.4, -0.2) is 34.6 Å². The van der Waals surface area contributed by atoms with Crippen LogP contribution in [0.2, 0.25) is 22.5 Å². The third kappa shape index (κ3) is 3.57. The maximum absolute atomic E-state index is 4.09. The van der Waals surface area contributed by atoms with Crippen LogP contribution in [0.3, 0.4) is 0 Å². The number of rotatable bonds is 4. The second-order valence-corrected chi connectivity index (χ2v) is 21.4. The van der Waals surface area contributed by atoms with E-state index in [1.165, 1.54) is 17.0 Å². The molecule has 2 rings (SSSR count). The molecule has 0 aliphatic heterocycles. The molecular formula is C23H43GaN3Si+. The summed E-state index contributed by atoms with van der Waals surface area (Å²) in [5, 5.41) is 1.76. The second-order valence-electron chi connectivity index (χ2n) is 10.8. The van der Waals surface area contributed by atoms with Crippen LogP contribution in [-0.2, 0) is 14.1 Å². The zero-order valence-electron chi connectivity index (χ0n) is 21.0. The Morgan fingerprint density at radius 3 is 1.93 bits per heavy atom. The van der Waals surface area contributed by atoms with Crippen molar-refractivity contribution in [3.8, 4) is 0 Å². The van der Waals surface area contributed by atoms with Crippen molar-refractivity contribution in [1.29, 1.82) is 0 Å². The van der Waals surface area contributed by atoms with Gasteiger partial charge in [0, 0.05) is 0 Å². The number of hydrogen-bond acceptors (Lipinski definition) is 1. The van der Waals surface area contributed by atoms with Gasteiger partial charge in [-0.25, -0.2) is 0 Å². The molecule has 0 saturated heterocycles. The molecule has 3 nitrogen and oxygen atoms in total. The fraction of sp³-hybridized carbons (Fsp3) is 0.696. The first-order chi connectivity index (χ1) is 12.5. The Hall–Kier alpha value is -0.497. The molecule has 1 unspecified atom stereocenters. The number of nitrogens with zero attached hydrogens (tertiary/aromatic N) is 2. The van der Waals surface area contributed by atoms with E-state index >= 15 is 0 Å². The van der Waals surface area contributed by atoms with Gasteiger partial charge < -0.3 is 0 Å². The van der Waals surface area contributed by atoms with E-state index < -0.39 is 24.5 Å². The Bertz CT molecular complexity index is 842. The molecule has 0 fully saturated rings. The van der Waals surface area contributed by atoms with E-state index in [4.69, 9.17) is 0 Å². The van der Waals surface area contributed by atoms with Crippen LogP contribution in [0, 0.1) is 13.8 Å². The zero-order valence-corrected chi connectivity index (χ0v) is 24.4. The Morgan fingerprint density at radius 2 is 1.54 bits per heavy atom. The van der Waals surface area contributed by atoms with Crippen molar-refractivity contribution in [2.75, 3.05) is 0 Å². The van der Waals surface area contributed by atoms with Gasteiger partial charge in [-0.2, -0.15) is 0 Å². The minimum atomic E-state index is -1.99. The van der Waals surface area contributed by atoms with Crippen LogP contribution in [0.5, 0.6) is 0 Å². The molecule has 0 bridgehead atoms. The molecule has 0 spiro atoms. The number of allylic oxidation sites excluding steroid dienone is 4. The van der Waals surface area contributed by atoms with Crippen molar-refractivity contribution in [2.45, 2.75) is 90.4 Å². The summed E-state index contributed by atoms with van der Waals surface area (Å²) < 4.78 is 6.80. The Balaban J connectivity index is 2.74. The molecule has 1 aromatic rings. The summed E-state index contributed by atoms with van der Waals surface area (Å²) in [6.07, 6.45) is 0. The van der Waals surface area contributed by atoms with Gasteiger partial charge in [0.25, 0.3) is 0 Å². The topological polar surface area (TPSA) is 20.8 Å². The van der Waals surface area contributed by atoms with Gasteiger partial charge in [0.1, 0.15) is 0 Å². The quantitative estimate of drug-likeness (QED) is 0.525. The van der Waals surface area contributed by atoms with Crippen molar-refractivity contribution >= 4 is 28.8 Å². The predicted octanol–water partition coefficient (Wildman–Crippen LogP) is 4.36. The van der Waals surface area contributed by atoms with Crippen LogP contribution < -0.4 is 13.9 Å². The monoisotopic (exact) mass is 458 g/mol. The number of nitrogens with one attached hydrogen (secondary N) is 1. The molecule has 1 aromatic heterocycles. The summed E-state index contributed by atoms with van der Waals surface area (Å²) in [5.74, 6) is 0. The summed E-state index contributed by atoms with van der Waals surface area (Å²) in [5.41, 5.74) is 10.3. The number of aromatic nitrogens is 2. The van der Waals surface area contributed by atoms with Crippen LogP contribution in [0.25, 0.3) is 0 Å². The van der Waals surface area contributed by atoms with Crippen molar-refractivity contribution in [2.24, 2.45) is 14.1 Å². The molecule has 0 aromatic carbocycles. The Labute approximate surface area is 180 Å². The Morgan fingerprint density at radius 1 is 1.04 bits per heavy atom. The standard InChI is InChI=1S/C15H28NSi.C7H12N2.CH3.Ga/c1-10-11(2)13(4)14(12(10)3)17(8,9)16-15(5,6)7;1-6-7(2)9(4)5-8(6)3;;/h16H,1-9H3;1-4H3;1H3;/q;+1;;. The van der Waals surface area contributed by atoms with Crippen LogP contribution in [0.4, 0.5) is 0 Å². The van der Waals surface area contributed by atoms with Gasteiger partial charge in [0.15, 0.2) is 0 Å². The molecule has 156 valence electrons. The zero-order chi connectivity index (χ0) is 22.0. The van der Waals surface area contributed by atoms with Gasteiger partial charge in [-0.05, 0) is 0 Å². The fourth-order valence-electron chi connectivity index (χ4n) is 5.99. The van der Waals surface area contributed by atoms with Gasteiger partial charge in [0.05, 0.1) is 0 Å². The van der Waals surface area contributed by atoms with Gasteiger partial charge in [-0.15, -0.1) is 0 Å². The van der Waals surface area contributed by atoms with E-state index in [1.807, 2.05) is 0 Å². The normalized spacial score (nSPS) is 21.2. The van der Waals surface area contributed by atoms with E-state index in [0.717, 1.165) is 0 Å². The average molecular weight is 459 g/mol. The molecule has 1 atom stereocenters. The SMILES string of the molecule is CC1=C(C)[C](C)([Ga]([CH3])[c]2n(C)c(C)c(C)[n+]2C)C([Si](C)(C)NC(C)(C)C)=C1C. The number of hydrogen-bond donors (Lipinski definition) is 1. The van der Waals surface area contributed by atoms with Gasteiger partial charge in [-0.3, -0.25) is 0 Å². The van der Waals surface area contributed by atoms with E-state index in [9.17, 15) is 0 Å². The van der Waals surface area contributed by atoms with Gasteiger partial charge in [0.2, 0.25) is 0 Å². The van der Waals surface area contributed by atoms with E-state index in [1.54, 1.807) is 20.7 Å². The van der Waals surface area contributed by atoms with E-state index in [2.05, 4.69) is 109 Å². The summed E-state index contributed by atoms with van der Waals surface area (Å²) in [4.78, 5) is 4.09. The van der Waals surface area contributed by atoms with Gasteiger partial charge >= 0.3 is 181 Å². The molecule has 0 saturated carbocycles. The minimum absolute atomic E-state index is 0.132. The van der Waals surface area contributed by atoms with Gasteiger partial charge in [-0.1, -0.05) is 0 Å². The fourth-order valence-corrected chi connectivity index (χ4v) is 21.5. The van der Waals surface area contributed by atoms with Crippen molar-refractivity contribution in [3.63, 3.8) is 0 Å². The molecule has 0 radical (unpaired) electrons. The first kappa shape index (κ1) is 23.8. The summed E-state index contributed by atoms with van der Waals surface area (Å²) in [6.45, 7) is 26.2. The molecule has 1 N–H and O–H groups in total. The molecule has 28 heavy (non-hydrogen) atoms. The summed E-state index contributed by atoms with van der Waals surface area (Å²) >= 11 is -1.99. The maximum atomic E-state index is 4.09. The molecule has 1 heterocycles. The third-order valence-electron chi connectivity index (χ3n) is 7.58. The average Bonchev–Trinajstić information content (AvgIpc) is 2.84. The van der Waals surface area contributed by atoms with E-state index in [0.29, 0.717) is 0 Å². The summed E-state index contributed by atoms with van der Waals surface area (Å²) in [6, 6.07) is 0. The Kier molecular flexibility index (Phi) is 6.22. The van der Waals surface area contributed by atoms with Crippen molar-refractivity contribution < 1.29 is 4.57 Å².